The number of fused-ring (bicyclic) bond motifs is 3. The summed E-state index contributed by atoms with van der Waals surface area (Å²) >= 11 is 0. The third-order valence-electron chi connectivity index (χ3n) is 7.52. The monoisotopic (exact) mass is 396 g/mol. The largest absolute Gasteiger partial charge is 0.396 e. The standard InChI is InChI=1S/C25H36N2O2/c1-16(2)18-8-6-17(7-9-18)13-21-25-22(27-15-26-21)14-19-10-11-20(24(19)25)23(29)5-3-4-12-28/h14-18,20,28H,3-13H2,1-2H3,(H,26,27). The van der Waals surface area contributed by atoms with Crippen molar-refractivity contribution in [3.05, 3.63) is 29.2 Å². The van der Waals surface area contributed by atoms with E-state index < -0.39 is 0 Å². The molecule has 0 aromatic heterocycles. The van der Waals surface area contributed by atoms with Crippen LogP contribution in [-0.2, 0) is 17.6 Å². The highest BCUT2D eigenvalue weighted by Crippen LogP contribution is 2.46. The van der Waals surface area contributed by atoms with Crippen molar-refractivity contribution in [2.75, 3.05) is 6.61 Å². The molecule has 0 amide bonds. The first-order valence-corrected chi connectivity index (χ1v) is 11.7. The molecule has 3 aliphatic carbocycles. The second-order valence-corrected chi connectivity index (χ2v) is 9.69. The van der Waals surface area contributed by atoms with Crippen molar-refractivity contribution in [2.45, 2.75) is 84.0 Å². The lowest BCUT2D eigenvalue weighted by molar-refractivity contribution is -0.120. The molecule has 0 spiro atoms. The molecule has 1 unspecified atom stereocenters. The number of Topliss-reactive ketones (excluding diaryl/α,β-unsaturated/α-hetero) is 1. The van der Waals surface area contributed by atoms with E-state index in [0.717, 1.165) is 49.1 Å². The molecule has 1 aliphatic heterocycles. The number of aromatic nitrogens is 2. The Kier molecular flexibility index (Phi) is 6.38. The van der Waals surface area contributed by atoms with Gasteiger partial charge in [-0.15, -0.1) is 0 Å². The number of nitrogens with zero attached hydrogens (tertiary/aromatic N) is 1. The molecule has 4 rings (SSSR count). The Labute approximate surface area is 174 Å². The zero-order valence-electron chi connectivity index (χ0n) is 18.0. The zero-order chi connectivity index (χ0) is 20.4. The summed E-state index contributed by atoms with van der Waals surface area (Å²) < 4.78 is 0. The third-order valence-corrected chi connectivity index (χ3v) is 7.52. The van der Waals surface area contributed by atoms with Gasteiger partial charge in [0.25, 0.3) is 0 Å². The van der Waals surface area contributed by atoms with E-state index in [-0.39, 0.29) is 12.5 Å². The summed E-state index contributed by atoms with van der Waals surface area (Å²) in [5, 5.41) is 9.03. The number of aryl methyl sites for hydroxylation is 1. The lowest BCUT2D eigenvalue weighted by atomic mass is 9.75. The minimum Gasteiger partial charge on any atom is -0.396 e. The number of aliphatic hydroxyl groups excluding tert-OH is 1. The first-order valence-electron chi connectivity index (χ1n) is 11.7. The van der Waals surface area contributed by atoms with Gasteiger partial charge in [0.2, 0.25) is 0 Å². The van der Waals surface area contributed by atoms with Gasteiger partial charge in [-0.2, -0.15) is 0 Å². The third kappa shape index (κ3) is 4.28. The maximum absolute atomic E-state index is 12.9. The molecule has 4 heteroatoms. The highest BCUT2D eigenvalue weighted by atomic mass is 16.2. The average Bonchev–Trinajstić information content (AvgIpc) is 3.28. The van der Waals surface area contributed by atoms with E-state index in [1.807, 2.05) is 6.33 Å². The van der Waals surface area contributed by atoms with Crippen molar-refractivity contribution >= 4 is 5.78 Å². The van der Waals surface area contributed by atoms with Crippen molar-refractivity contribution in [1.29, 1.82) is 0 Å². The fraction of sp³-hybridized carbons (Fsp3) is 0.680. The summed E-state index contributed by atoms with van der Waals surface area (Å²) in [7, 11) is 0. The van der Waals surface area contributed by atoms with Gasteiger partial charge in [0.05, 0.1) is 12.0 Å². The summed E-state index contributed by atoms with van der Waals surface area (Å²) in [5.41, 5.74) is 6.19. The second kappa shape index (κ2) is 8.99. The minimum atomic E-state index is 0.0224. The van der Waals surface area contributed by atoms with Gasteiger partial charge in [0.15, 0.2) is 0 Å². The maximum Gasteiger partial charge on any atom is 0.140 e. The van der Waals surface area contributed by atoms with E-state index in [1.165, 1.54) is 48.1 Å². The molecule has 158 valence electrons. The number of carbonyl (C=O) groups is 1. The van der Waals surface area contributed by atoms with Crippen molar-refractivity contribution < 1.29 is 9.90 Å². The van der Waals surface area contributed by atoms with Gasteiger partial charge in [-0.3, -0.25) is 4.79 Å². The Morgan fingerprint density at radius 2 is 2.00 bits per heavy atom. The number of hydrogen-bond donors (Lipinski definition) is 2. The summed E-state index contributed by atoms with van der Waals surface area (Å²) in [6, 6.07) is 2.22. The number of hydrogen-bond acceptors (Lipinski definition) is 3. The molecule has 1 heterocycles. The van der Waals surface area contributed by atoms with Crippen molar-refractivity contribution in [1.82, 2.24) is 9.97 Å². The van der Waals surface area contributed by atoms with Crippen LogP contribution in [0.1, 0.15) is 88.0 Å². The Morgan fingerprint density at radius 1 is 1.21 bits per heavy atom. The number of ketones is 1. The predicted octanol–water partition coefficient (Wildman–Crippen LogP) is 5.28. The minimum absolute atomic E-state index is 0.0224. The van der Waals surface area contributed by atoms with Crippen LogP contribution >= 0.6 is 0 Å². The van der Waals surface area contributed by atoms with Gasteiger partial charge in [0, 0.05) is 30.2 Å². The normalized spacial score (nSPS) is 24.3. The van der Waals surface area contributed by atoms with Crippen molar-refractivity contribution in [3.63, 3.8) is 0 Å². The van der Waals surface area contributed by atoms with Crippen LogP contribution in [0.15, 0.2) is 12.4 Å². The van der Waals surface area contributed by atoms with Gasteiger partial charge in [-0.25, -0.2) is 4.98 Å². The molecule has 4 aliphatic rings. The van der Waals surface area contributed by atoms with Gasteiger partial charge in [-0.05, 0) is 92.7 Å². The lowest BCUT2D eigenvalue weighted by Crippen LogP contribution is -2.20. The first kappa shape index (κ1) is 20.6. The Balaban J connectivity index is 1.54. The molecule has 0 bridgehead atoms. The predicted molar refractivity (Wildman–Crippen MR) is 116 cm³/mol. The molecule has 1 atom stereocenters. The highest BCUT2D eigenvalue weighted by molar-refractivity contribution is 5.91. The molecule has 0 saturated heterocycles. The number of aliphatic hydroxyl groups is 1. The van der Waals surface area contributed by atoms with Crippen molar-refractivity contribution in [2.24, 2.45) is 17.8 Å². The lowest BCUT2D eigenvalue weighted by Gasteiger charge is -2.31. The van der Waals surface area contributed by atoms with E-state index in [4.69, 9.17) is 5.11 Å². The summed E-state index contributed by atoms with van der Waals surface area (Å²) in [4.78, 5) is 21.0. The Morgan fingerprint density at radius 3 is 2.72 bits per heavy atom. The molecule has 1 saturated carbocycles. The second-order valence-electron chi connectivity index (χ2n) is 9.69. The average molecular weight is 397 g/mol. The number of H-pyrrole nitrogens is 1. The zero-order valence-corrected chi connectivity index (χ0v) is 18.0. The van der Waals surface area contributed by atoms with E-state index in [2.05, 4.69) is 29.9 Å². The van der Waals surface area contributed by atoms with Crippen LogP contribution in [0, 0.1) is 17.8 Å². The maximum atomic E-state index is 12.9. The van der Waals surface area contributed by atoms with Crippen LogP contribution in [0.2, 0.25) is 0 Å². The fourth-order valence-corrected chi connectivity index (χ4v) is 5.75. The fourth-order valence-electron chi connectivity index (χ4n) is 5.75. The Hall–Kier alpha value is -1.68. The van der Waals surface area contributed by atoms with Gasteiger partial charge in [0.1, 0.15) is 5.78 Å². The van der Waals surface area contributed by atoms with Crippen molar-refractivity contribution in [3.8, 4) is 11.3 Å². The smallest absolute Gasteiger partial charge is 0.140 e. The summed E-state index contributed by atoms with van der Waals surface area (Å²) in [6.07, 6.45) is 12.2. The van der Waals surface area contributed by atoms with Crippen LogP contribution < -0.4 is 0 Å². The van der Waals surface area contributed by atoms with Crippen LogP contribution in [-0.4, -0.2) is 27.5 Å². The molecule has 1 fully saturated rings. The molecule has 0 radical (unpaired) electrons. The van der Waals surface area contributed by atoms with E-state index in [0.29, 0.717) is 18.6 Å². The van der Waals surface area contributed by atoms with E-state index >= 15 is 0 Å². The topological polar surface area (TPSA) is 66.0 Å². The van der Waals surface area contributed by atoms with Gasteiger partial charge < -0.3 is 10.1 Å². The molecule has 0 aromatic carbocycles. The van der Waals surface area contributed by atoms with E-state index in [1.54, 1.807) is 0 Å². The van der Waals surface area contributed by atoms with Crippen LogP contribution in [0.5, 0.6) is 0 Å². The highest BCUT2D eigenvalue weighted by Gasteiger charge is 2.35. The van der Waals surface area contributed by atoms with Crippen LogP contribution in [0.3, 0.4) is 0 Å². The quantitative estimate of drug-likeness (QED) is 0.597. The SMILES string of the molecule is CC(C)C1CCC(Cc2[nH]cnc3cc4c(c2-3)C(C(=O)CCCCO)CC4)CC1. The number of rotatable bonds is 8. The molecular weight excluding hydrogens is 360 g/mol. The molecule has 4 nitrogen and oxygen atoms in total. The molecule has 0 aromatic rings. The molecule has 2 N–H and O–H groups in total. The number of carbonyl (C=O) groups excluding carboxylic acids is 1. The van der Waals surface area contributed by atoms with Crippen LogP contribution in [0.4, 0.5) is 0 Å². The Bertz CT molecular complexity index is 801. The van der Waals surface area contributed by atoms with Crippen LogP contribution in [0.25, 0.3) is 11.3 Å². The summed E-state index contributed by atoms with van der Waals surface area (Å²) in [5.74, 6) is 2.78. The number of unbranched alkanes of at least 4 members (excludes halogenated alkanes) is 1. The number of aromatic amines is 1. The summed E-state index contributed by atoms with van der Waals surface area (Å²) in [6.45, 7) is 4.89. The molecular formula is C25H36N2O2. The molecule has 29 heavy (non-hydrogen) atoms. The van der Waals surface area contributed by atoms with E-state index in [9.17, 15) is 4.79 Å². The number of nitrogens with one attached hydrogen (secondary N) is 1. The van der Waals surface area contributed by atoms with Gasteiger partial charge >= 0.3 is 0 Å². The van der Waals surface area contributed by atoms with Gasteiger partial charge in [-0.1, -0.05) is 13.8 Å². The first-order chi connectivity index (χ1) is 14.1.